The van der Waals surface area contributed by atoms with Crippen molar-refractivity contribution in [2.75, 3.05) is 11.9 Å². The Labute approximate surface area is 131 Å². The van der Waals surface area contributed by atoms with Gasteiger partial charge in [0.1, 0.15) is 5.69 Å². The molecule has 106 valence electrons. The normalized spacial score (nSPS) is 10.8. The molecule has 3 nitrogen and oxygen atoms in total. The van der Waals surface area contributed by atoms with Gasteiger partial charge in [0, 0.05) is 29.5 Å². The zero-order valence-corrected chi connectivity index (χ0v) is 13.5. The number of amides is 1. The number of rotatable bonds is 2. The molecule has 21 heavy (non-hydrogen) atoms. The summed E-state index contributed by atoms with van der Waals surface area (Å²) in [6, 6.07) is 17.6. The number of hydrogen-bond donors (Lipinski definition) is 0. The highest BCUT2D eigenvalue weighted by Crippen LogP contribution is 2.27. The van der Waals surface area contributed by atoms with Crippen LogP contribution in [0.5, 0.6) is 0 Å². The molecule has 0 atom stereocenters. The summed E-state index contributed by atoms with van der Waals surface area (Å²) in [6.07, 6.45) is 0. The quantitative estimate of drug-likeness (QED) is 0.684. The van der Waals surface area contributed by atoms with E-state index >= 15 is 0 Å². The molecule has 0 aliphatic rings. The molecule has 0 aliphatic carbocycles. The summed E-state index contributed by atoms with van der Waals surface area (Å²) in [5.41, 5.74) is 2.59. The van der Waals surface area contributed by atoms with Gasteiger partial charge in [0.25, 0.3) is 5.91 Å². The number of para-hydroxylation sites is 2. The molecule has 1 heterocycles. The van der Waals surface area contributed by atoms with Crippen LogP contribution < -0.4 is 4.90 Å². The van der Waals surface area contributed by atoms with E-state index in [2.05, 4.69) is 15.9 Å². The van der Waals surface area contributed by atoms with E-state index in [0.717, 1.165) is 21.1 Å². The Kier molecular flexibility index (Phi) is 3.55. The summed E-state index contributed by atoms with van der Waals surface area (Å²) in [4.78, 5) is 14.4. The number of anilines is 1. The van der Waals surface area contributed by atoms with Gasteiger partial charge in [-0.05, 0) is 40.2 Å². The highest BCUT2D eigenvalue weighted by Gasteiger charge is 2.19. The van der Waals surface area contributed by atoms with E-state index < -0.39 is 0 Å². The van der Waals surface area contributed by atoms with Crippen molar-refractivity contribution >= 4 is 38.4 Å². The average molecular weight is 343 g/mol. The highest BCUT2D eigenvalue weighted by molar-refractivity contribution is 9.10. The van der Waals surface area contributed by atoms with Gasteiger partial charge >= 0.3 is 0 Å². The summed E-state index contributed by atoms with van der Waals surface area (Å²) in [7, 11) is 3.71. The van der Waals surface area contributed by atoms with E-state index in [4.69, 9.17) is 0 Å². The largest absolute Gasteiger partial charge is 0.340 e. The molecule has 0 aliphatic heterocycles. The van der Waals surface area contributed by atoms with Crippen LogP contribution in [0.4, 0.5) is 5.69 Å². The third-order valence-corrected chi connectivity index (χ3v) is 4.36. The van der Waals surface area contributed by atoms with E-state index in [0.29, 0.717) is 5.69 Å². The Morgan fingerprint density at radius 2 is 1.76 bits per heavy atom. The summed E-state index contributed by atoms with van der Waals surface area (Å²) in [5.74, 6) is -0.0272. The third-order valence-electron chi connectivity index (χ3n) is 3.69. The van der Waals surface area contributed by atoms with Crippen molar-refractivity contribution in [3.8, 4) is 0 Å². The third kappa shape index (κ3) is 2.36. The fourth-order valence-electron chi connectivity index (χ4n) is 2.50. The van der Waals surface area contributed by atoms with E-state index in [-0.39, 0.29) is 5.91 Å². The zero-order valence-electron chi connectivity index (χ0n) is 11.9. The second-order valence-electron chi connectivity index (χ2n) is 4.96. The van der Waals surface area contributed by atoms with Gasteiger partial charge in [-0.15, -0.1) is 0 Å². The monoisotopic (exact) mass is 342 g/mol. The number of halogens is 1. The summed E-state index contributed by atoms with van der Waals surface area (Å²) >= 11 is 3.49. The second-order valence-corrected chi connectivity index (χ2v) is 5.82. The van der Waals surface area contributed by atoms with Crippen LogP contribution in [0.15, 0.2) is 59.1 Å². The highest BCUT2D eigenvalue weighted by atomic mass is 79.9. The SMILES string of the molecule is CN(C(=O)c1cc2ccccc2n1C)c1ccccc1Br. The van der Waals surface area contributed by atoms with Crippen molar-refractivity contribution < 1.29 is 4.79 Å². The number of carbonyl (C=O) groups is 1. The molecule has 0 radical (unpaired) electrons. The van der Waals surface area contributed by atoms with Crippen LogP contribution in [0, 0.1) is 0 Å². The van der Waals surface area contributed by atoms with Crippen molar-refractivity contribution in [2.24, 2.45) is 7.05 Å². The molecular formula is C17H15BrN2O. The molecular weight excluding hydrogens is 328 g/mol. The minimum atomic E-state index is -0.0272. The van der Waals surface area contributed by atoms with E-state index in [1.54, 1.807) is 11.9 Å². The minimum Gasteiger partial charge on any atom is -0.340 e. The topological polar surface area (TPSA) is 25.2 Å². The van der Waals surface area contributed by atoms with Crippen molar-refractivity contribution in [1.29, 1.82) is 0 Å². The first kappa shape index (κ1) is 13.9. The van der Waals surface area contributed by atoms with Gasteiger partial charge in [0.05, 0.1) is 5.69 Å². The van der Waals surface area contributed by atoms with E-state index in [1.165, 1.54) is 0 Å². The zero-order chi connectivity index (χ0) is 15.0. The van der Waals surface area contributed by atoms with Crippen molar-refractivity contribution in [3.63, 3.8) is 0 Å². The minimum absolute atomic E-state index is 0.0272. The van der Waals surface area contributed by atoms with Crippen molar-refractivity contribution in [2.45, 2.75) is 0 Å². The molecule has 3 aromatic rings. The smallest absolute Gasteiger partial charge is 0.274 e. The lowest BCUT2D eigenvalue weighted by molar-refractivity contribution is 0.0985. The predicted molar refractivity (Wildman–Crippen MR) is 89.8 cm³/mol. The number of aromatic nitrogens is 1. The molecule has 0 saturated carbocycles. The van der Waals surface area contributed by atoms with Crippen LogP contribution in [0.3, 0.4) is 0 Å². The van der Waals surface area contributed by atoms with Crippen LogP contribution in [0.2, 0.25) is 0 Å². The van der Waals surface area contributed by atoms with Gasteiger partial charge in [-0.25, -0.2) is 0 Å². The van der Waals surface area contributed by atoms with Gasteiger partial charge in [-0.2, -0.15) is 0 Å². The number of nitrogens with zero attached hydrogens (tertiary/aromatic N) is 2. The van der Waals surface area contributed by atoms with Gasteiger partial charge in [-0.1, -0.05) is 30.3 Å². The second kappa shape index (κ2) is 5.37. The van der Waals surface area contributed by atoms with E-state index in [9.17, 15) is 4.79 Å². The maximum Gasteiger partial charge on any atom is 0.274 e. The molecule has 0 fully saturated rings. The van der Waals surface area contributed by atoms with Crippen LogP contribution in [0.25, 0.3) is 10.9 Å². The Morgan fingerprint density at radius 1 is 1.10 bits per heavy atom. The number of fused-ring (bicyclic) bond motifs is 1. The van der Waals surface area contributed by atoms with Gasteiger partial charge in [0.15, 0.2) is 0 Å². The summed E-state index contributed by atoms with van der Waals surface area (Å²) < 4.78 is 2.84. The first-order valence-electron chi connectivity index (χ1n) is 6.66. The van der Waals surface area contributed by atoms with Crippen LogP contribution in [0.1, 0.15) is 10.5 Å². The molecule has 0 N–H and O–H groups in total. The summed E-state index contributed by atoms with van der Waals surface area (Å²) in [6.45, 7) is 0. The molecule has 0 bridgehead atoms. The molecule has 0 unspecified atom stereocenters. The maximum absolute atomic E-state index is 12.8. The Balaban J connectivity index is 2.04. The van der Waals surface area contributed by atoms with Crippen molar-refractivity contribution in [1.82, 2.24) is 4.57 Å². The molecule has 1 aromatic heterocycles. The Bertz CT molecular complexity index is 823. The average Bonchev–Trinajstić information content (AvgIpc) is 2.84. The van der Waals surface area contributed by atoms with Gasteiger partial charge in [-0.3, -0.25) is 4.79 Å². The Morgan fingerprint density at radius 3 is 2.48 bits per heavy atom. The molecule has 0 spiro atoms. The predicted octanol–water partition coefficient (Wildman–Crippen LogP) is 4.22. The first-order chi connectivity index (χ1) is 10.1. The fraction of sp³-hybridized carbons (Fsp3) is 0.118. The maximum atomic E-state index is 12.8. The van der Waals surface area contributed by atoms with Gasteiger partial charge < -0.3 is 9.47 Å². The molecule has 0 saturated heterocycles. The standard InChI is InChI=1S/C17H15BrN2O/c1-19-14-9-5-3-7-12(14)11-16(19)17(21)20(2)15-10-6-4-8-13(15)18/h3-11H,1-2H3. The van der Waals surface area contributed by atoms with Crippen LogP contribution in [-0.4, -0.2) is 17.5 Å². The summed E-state index contributed by atoms with van der Waals surface area (Å²) in [5, 5.41) is 1.07. The molecule has 4 heteroatoms. The number of hydrogen-bond acceptors (Lipinski definition) is 1. The van der Waals surface area contributed by atoms with E-state index in [1.807, 2.05) is 66.2 Å². The molecule has 2 aromatic carbocycles. The molecule has 1 amide bonds. The number of benzene rings is 2. The fourth-order valence-corrected chi connectivity index (χ4v) is 3.05. The lowest BCUT2D eigenvalue weighted by Crippen LogP contribution is -2.28. The first-order valence-corrected chi connectivity index (χ1v) is 7.46. The number of aryl methyl sites for hydroxylation is 1. The van der Waals surface area contributed by atoms with Gasteiger partial charge in [0.2, 0.25) is 0 Å². The Hall–Kier alpha value is -2.07. The van der Waals surface area contributed by atoms with Crippen molar-refractivity contribution in [3.05, 3.63) is 64.8 Å². The number of carbonyl (C=O) groups excluding carboxylic acids is 1. The van der Waals surface area contributed by atoms with Crippen LogP contribution >= 0.6 is 15.9 Å². The lowest BCUT2D eigenvalue weighted by Gasteiger charge is -2.19. The van der Waals surface area contributed by atoms with Crippen LogP contribution in [-0.2, 0) is 7.05 Å². The molecule has 3 rings (SSSR count). The lowest BCUT2D eigenvalue weighted by atomic mass is 10.2.